The van der Waals surface area contributed by atoms with Gasteiger partial charge in [-0.2, -0.15) is 26.7 Å². The average molecular weight is 619 g/mol. The van der Waals surface area contributed by atoms with Gasteiger partial charge in [-0.25, -0.2) is 9.37 Å². The van der Waals surface area contributed by atoms with E-state index in [1.165, 1.54) is 24.3 Å². The van der Waals surface area contributed by atoms with E-state index in [-0.39, 0.29) is 48.4 Å². The van der Waals surface area contributed by atoms with Gasteiger partial charge in [-0.15, -0.1) is 11.3 Å². The number of aromatic nitrogens is 3. The lowest BCUT2D eigenvalue weighted by Gasteiger charge is -2.31. The van der Waals surface area contributed by atoms with Crippen molar-refractivity contribution < 1.29 is 44.8 Å². The van der Waals surface area contributed by atoms with Crippen molar-refractivity contribution in [1.82, 2.24) is 19.7 Å². The Hall–Kier alpha value is -2.92. The third-order valence-corrected chi connectivity index (χ3v) is 8.80. The van der Waals surface area contributed by atoms with Gasteiger partial charge in [0, 0.05) is 35.6 Å². The molecular formula is C25H26F4N4O6S2. The average Bonchev–Trinajstić information content (AvgIpc) is 3.46. The molecule has 10 nitrogen and oxygen atoms in total. The Morgan fingerprint density at radius 2 is 1.85 bits per heavy atom. The van der Waals surface area contributed by atoms with E-state index >= 15 is 0 Å². The number of thiazole rings is 1. The molecule has 2 aliphatic rings. The van der Waals surface area contributed by atoms with Gasteiger partial charge in [-0.3, -0.25) is 14.0 Å². The molecule has 1 atom stereocenters. The van der Waals surface area contributed by atoms with Crippen molar-refractivity contribution in [2.45, 2.75) is 63.7 Å². The first kappa shape index (κ1) is 29.6. The molecular weight excluding hydrogens is 592 g/mol. The first-order valence-corrected chi connectivity index (χ1v) is 15.1. The predicted octanol–water partition coefficient (Wildman–Crippen LogP) is 4.35. The van der Waals surface area contributed by atoms with Gasteiger partial charge in [0.25, 0.3) is 10.1 Å². The quantitative estimate of drug-likeness (QED) is 0.320. The zero-order chi connectivity index (χ0) is 29.5. The number of rotatable bonds is 6. The number of aryl methyl sites for hydroxylation is 1. The first-order chi connectivity index (χ1) is 19.3. The lowest BCUT2D eigenvalue weighted by molar-refractivity contribution is -0.155. The molecule has 0 saturated carbocycles. The molecule has 0 spiro atoms. The maximum absolute atomic E-state index is 14.5. The molecule has 16 heteroatoms. The molecule has 0 bridgehead atoms. The normalized spacial score (nSPS) is 18.8. The number of carbonyl (C=O) groups is 1. The maximum atomic E-state index is 14.5. The van der Waals surface area contributed by atoms with Crippen LogP contribution in [0.25, 0.3) is 0 Å². The molecule has 5 rings (SSSR count). The van der Waals surface area contributed by atoms with Crippen molar-refractivity contribution in [3.05, 3.63) is 68.2 Å². The number of likely N-dealkylation sites (tertiary alicyclic amines) is 1. The minimum Gasteiger partial charge on any atom is -0.342 e. The zero-order valence-electron chi connectivity index (χ0n) is 21.7. The second-order valence-electron chi connectivity index (χ2n) is 9.94. The number of ether oxygens (including phenoxy) is 2. The molecule has 0 aliphatic carbocycles. The van der Waals surface area contributed by atoms with Crippen molar-refractivity contribution >= 4 is 27.4 Å². The highest BCUT2D eigenvalue weighted by atomic mass is 32.2. The van der Waals surface area contributed by atoms with E-state index in [4.69, 9.17) is 9.47 Å². The summed E-state index contributed by atoms with van der Waals surface area (Å²) < 4.78 is 98.0. The molecule has 1 aromatic carbocycles. The summed E-state index contributed by atoms with van der Waals surface area (Å²) in [4.78, 5) is 19.0. The van der Waals surface area contributed by atoms with Crippen LogP contribution in [0.5, 0.6) is 0 Å². The molecule has 222 valence electrons. The van der Waals surface area contributed by atoms with Crippen LogP contribution >= 0.6 is 11.3 Å². The van der Waals surface area contributed by atoms with Crippen LogP contribution < -0.4 is 0 Å². The van der Waals surface area contributed by atoms with Crippen molar-refractivity contribution in [1.29, 1.82) is 0 Å². The molecule has 4 heterocycles. The Morgan fingerprint density at radius 1 is 1.17 bits per heavy atom. The van der Waals surface area contributed by atoms with E-state index in [9.17, 15) is 35.3 Å². The van der Waals surface area contributed by atoms with Gasteiger partial charge >= 0.3 is 6.18 Å². The summed E-state index contributed by atoms with van der Waals surface area (Å²) in [6.07, 6.45) is -4.30. The fourth-order valence-electron chi connectivity index (χ4n) is 4.93. The standard InChI is InChI=1S/C25H26F4N4O6S2/c1-14-8-21(25(27,28)29)31-33(14)9-22(34)32-6-4-15(5-7-32)23-30-20(12-40-23)24-38-10-17-16(13-41(35,36)37)2-3-19(26)18(17)11-39-24/h2-3,8,12,15,24H,4-7,9-11,13H2,1H3,(H,35,36,37). The summed E-state index contributed by atoms with van der Waals surface area (Å²) in [5.74, 6) is -1.53. The third-order valence-electron chi connectivity index (χ3n) is 7.10. The smallest absolute Gasteiger partial charge is 0.342 e. The van der Waals surface area contributed by atoms with E-state index in [0.717, 1.165) is 21.8 Å². The number of fused-ring (bicyclic) bond motifs is 1. The van der Waals surface area contributed by atoms with Crippen LogP contribution in [0.1, 0.15) is 63.8 Å². The van der Waals surface area contributed by atoms with Crippen LogP contribution in [0.2, 0.25) is 0 Å². The number of halogens is 4. The van der Waals surface area contributed by atoms with E-state index in [2.05, 4.69) is 10.1 Å². The molecule has 1 unspecified atom stereocenters. The molecule has 3 aromatic rings. The van der Waals surface area contributed by atoms with Crippen molar-refractivity contribution in [2.75, 3.05) is 13.1 Å². The topological polar surface area (TPSA) is 124 Å². The molecule has 2 aromatic heterocycles. The Labute approximate surface area is 236 Å². The summed E-state index contributed by atoms with van der Waals surface area (Å²) in [6, 6.07) is 3.33. The van der Waals surface area contributed by atoms with Gasteiger partial charge in [0.15, 0.2) is 5.69 Å². The number of alkyl halides is 3. The second kappa shape index (κ2) is 11.4. The number of hydrogen-bond acceptors (Lipinski definition) is 8. The Balaban J connectivity index is 1.19. The summed E-state index contributed by atoms with van der Waals surface area (Å²) in [5.41, 5.74) is 0.368. The fourth-order valence-corrected chi connectivity index (χ4v) is 6.58. The molecule has 1 amide bonds. The highest BCUT2D eigenvalue weighted by Crippen LogP contribution is 2.35. The first-order valence-electron chi connectivity index (χ1n) is 12.6. The minimum atomic E-state index is -4.58. The number of piperidine rings is 1. The zero-order valence-corrected chi connectivity index (χ0v) is 23.4. The van der Waals surface area contributed by atoms with Gasteiger partial charge in [0.05, 0.1) is 18.2 Å². The van der Waals surface area contributed by atoms with E-state index in [0.29, 0.717) is 37.2 Å². The van der Waals surface area contributed by atoms with E-state index in [1.807, 2.05) is 0 Å². The van der Waals surface area contributed by atoms with E-state index < -0.39 is 39.8 Å². The van der Waals surface area contributed by atoms with Crippen molar-refractivity contribution in [3.8, 4) is 0 Å². The van der Waals surface area contributed by atoms with Crippen LogP contribution in [-0.2, 0) is 56.1 Å². The Morgan fingerprint density at radius 3 is 2.49 bits per heavy atom. The fraction of sp³-hybridized carbons (Fsp3) is 0.480. The number of carbonyl (C=O) groups excluding carboxylic acids is 1. The van der Waals surface area contributed by atoms with E-state index in [1.54, 1.807) is 10.3 Å². The van der Waals surface area contributed by atoms with Crippen molar-refractivity contribution in [3.63, 3.8) is 0 Å². The van der Waals surface area contributed by atoms with Gasteiger partial charge in [-0.05, 0) is 43.0 Å². The summed E-state index contributed by atoms with van der Waals surface area (Å²) in [5, 5.41) is 6.09. The Kier molecular flexibility index (Phi) is 8.22. The monoisotopic (exact) mass is 618 g/mol. The molecule has 1 fully saturated rings. The van der Waals surface area contributed by atoms with Gasteiger partial charge < -0.3 is 14.4 Å². The third kappa shape index (κ3) is 6.77. The number of amides is 1. The van der Waals surface area contributed by atoms with Crippen molar-refractivity contribution in [2.24, 2.45) is 0 Å². The SMILES string of the molecule is Cc1cc(C(F)(F)F)nn1CC(=O)N1CCC(c2nc(C3OCc4c(F)ccc(CS(=O)(=O)O)c4CO3)cs2)CC1. The van der Waals surface area contributed by atoms with Gasteiger partial charge in [0.2, 0.25) is 12.2 Å². The Bertz CT molecular complexity index is 1550. The highest BCUT2D eigenvalue weighted by molar-refractivity contribution is 7.85. The summed E-state index contributed by atoms with van der Waals surface area (Å²) >= 11 is 1.39. The maximum Gasteiger partial charge on any atom is 0.435 e. The number of benzene rings is 1. The molecule has 2 aliphatic heterocycles. The summed E-state index contributed by atoms with van der Waals surface area (Å²) in [6.45, 7) is 1.68. The van der Waals surface area contributed by atoms with Crippen LogP contribution in [0, 0.1) is 12.7 Å². The predicted molar refractivity (Wildman–Crippen MR) is 137 cm³/mol. The molecule has 0 radical (unpaired) electrons. The minimum absolute atomic E-state index is 0.0443. The largest absolute Gasteiger partial charge is 0.435 e. The van der Waals surface area contributed by atoms with Gasteiger partial charge in [0.1, 0.15) is 23.8 Å². The number of hydrogen-bond donors (Lipinski definition) is 1. The van der Waals surface area contributed by atoms with Crippen LogP contribution in [0.4, 0.5) is 17.6 Å². The molecule has 1 N–H and O–H groups in total. The van der Waals surface area contributed by atoms with Crippen LogP contribution in [0.15, 0.2) is 23.6 Å². The van der Waals surface area contributed by atoms with Gasteiger partial charge in [-0.1, -0.05) is 6.07 Å². The second-order valence-corrected chi connectivity index (χ2v) is 12.3. The highest BCUT2D eigenvalue weighted by Gasteiger charge is 2.35. The lowest BCUT2D eigenvalue weighted by Crippen LogP contribution is -2.40. The van der Waals surface area contributed by atoms with Crippen LogP contribution in [0.3, 0.4) is 0 Å². The lowest BCUT2D eigenvalue weighted by atomic mass is 9.97. The molecule has 41 heavy (non-hydrogen) atoms. The molecule has 1 saturated heterocycles. The number of nitrogens with zero attached hydrogens (tertiary/aromatic N) is 4. The van der Waals surface area contributed by atoms with Crippen LogP contribution in [-0.4, -0.2) is 51.6 Å². The summed E-state index contributed by atoms with van der Waals surface area (Å²) in [7, 11) is -4.34.